The minimum atomic E-state index is -0.161. The summed E-state index contributed by atoms with van der Waals surface area (Å²) in [6.45, 7) is 2.71. The first kappa shape index (κ1) is 15.7. The molecule has 0 aliphatic rings. The predicted molar refractivity (Wildman–Crippen MR) is 85.5 cm³/mol. The largest absolute Gasteiger partial charge is 0.490 e. The van der Waals surface area contributed by atoms with E-state index in [0.717, 1.165) is 5.56 Å². The number of aryl methyl sites for hydroxylation is 1. The van der Waals surface area contributed by atoms with Gasteiger partial charge in [0.25, 0.3) is 5.91 Å². The van der Waals surface area contributed by atoms with Gasteiger partial charge in [-0.15, -0.1) is 0 Å². The number of rotatable bonds is 5. The third kappa shape index (κ3) is 4.66. The lowest BCUT2D eigenvalue weighted by Gasteiger charge is -2.10. The molecule has 0 heterocycles. The Balaban J connectivity index is 1.80. The molecule has 0 fully saturated rings. The highest BCUT2D eigenvalue weighted by atomic mass is 35.5. The van der Waals surface area contributed by atoms with Gasteiger partial charge < -0.3 is 10.1 Å². The van der Waals surface area contributed by atoms with E-state index in [-0.39, 0.29) is 5.91 Å². The van der Waals surface area contributed by atoms with Crippen molar-refractivity contribution in [2.75, 3.05) is 13.2 Å². The lowest BCUT2D eigenvalue weighted by molar-refractivity contribution is 0.0947. The lowest BCUT2D eigenvalue weighted by atomic mass is 10.2. The molecule has 1 amide bonds. The number of nitrogens with one attached hydrogen (secondary N) is 1. The van der Waals surface area contributed by atoms with E-state index < -0.39 is 0 Å². The second kappa shape index (κ2) is 7.34. The van der Waals surface area contributed by atoms with Crippen LogP contribution in [0.2, 0.25) is 10.0 Å². The van der Waals surface area contributed by atoms with Crippen molar-refractivity contribution in [2.45, 2.75) is 6.92 Å². The maximum Gasteiger partial charge on any atom is 0.251 e. The second-order valence-electron chi connectivity index (χ2n) is 4.55. The van der Waals surface area contributed by atoms with Gasteiger partial charge in [0, 0.05) is 10.6 Å². The molecule has 0 radical (unpaired) electrons. The molecule has 5 heteroatoms. The Morgan fingerprint density at radius 3 is 2.57 bits per heavy atom. The van der Waals surface area contributed by atoms with Crippen molar-refractivity contribution in [1.29, 1.82) is 0 Å². The number of amides is 1. The molecule has 2 aromatic rings. The van der Waals surface area contributed by atoms with Gasteiger partial charge in [0.05, 0.1) is 11.6 Å². The summed E-state index contributed by atoms with van der Waals surface area (Å²) in [5, 5.41) is 3.93. The summed E-state index contributed by atoms with van der Waals surface area (Å²) in [5.74, 6) is 0.461. The summed E-state index contributed by atoms with van der Waals surface area (Å²) in [4.78, 5) is 11.9. The van der Waals surface area contributed by atoms with E-state index >= 15 is 0 Å². The van der Waals surface area contributed by atoms with Crippen LogP contribution in [-0.4, -0.2) is 19.1 Å². The van der Waals surface area contributed by atoms with Crippen LogP contribution in [0.15, 0.2) is 42.5 Å². The van der Waals surface area contributed by atoms with Crippen LogP contribution in [0.3, 0.4) is 0 Å². The van der Waals surface area contributed by atoms with Crippen molar-refractivity contribution in [1.82, 2.24) is 5.32 Å². The summed E-state index contributed by atoms with van der Waals surface area (Å²) in [6.07, 6.45) is 0. The quantitative estimate of drug-likeness (QED) is 0.841. The predicted octanol–water partition coefficient (Wildman–Crippen LogP) is 4.11. The molecule has 0 bridgehead atoms. The van der Waals surface area contributed by atoms with Gasteiger partial charge in [0.15, 0.2) is 0 Å². The van der Waals surface area contributed by atoms with Gasteiger partial charge in [-0.25, -0.2) is 0 Å². The van der Waals surface area contributed by atoms with Gasteiger partial charge in [-0.1, -0.05) is 29.3 Å². The minimum Gasteiger partial charge on any atom is -0.490 e. The molecule has 21 heavy (non-hydrogen) atoms. The van der Waals surface area contributed by atoms with Crippen molar-refractivity contribution in [3.8, 4) is 5.75 Å². The van der Waals surface area contributed by atoms with Crippen molar-refractivity contribution < 1.29 is 9.53 Å². The Morgan fingerprint density at radius 1 is 1.14 bits per heavy atom. The van der Waals surface area contributed by atoms with E-state index in [1.165, 1.54) is 0 Å². The van der Waals surface area contributed by atoms with Crippen LogP contribution in [0.25, 0.3) is 0 Å². The second-order valence-corrected chi connectivity index (χ2v) is 5.39. The Labute approximate surface area is 133 Å². The standard InChI is InChI=1S/C16H15Cl2NO2/c1-11-2-7-14(18)15(10-11)21-9-8-19-16(20)12-3-5-13(17)6-4-12/h2-7,10H,8-9H2,1H3,(H,19,20). The number of carbonyl (C=O) groups excluding carboxylic acids is 1. The highest BCUT2D eigenvalue weighted by Crippen LogP contribution is 2.24. The first-order chi connectivity index (χ1) is 10.1. The third-order valence-corrected chi connectivity index (χ3v) is 3.40. The number of hydrogen-bond donors (Lipinski definition) is 1. The van der Waals surface area contributed by atoms with E-state index in [4.69, 9.17) is 27.9 Å². The number of benzene rings is 2. The summed E-state index contributed by atoms with van der Waals surface area (Å²) in [5.41, 5.74) is 1.63. The van der Waals surface area contributed by atoms with Crippen LogP contribution >= 0.6 is 23.2 Å². The molecule has 0 atom stereocenters. The zero-order chi connectivity index (χ0) is 15.2. The molecule has 0 saturated heterocycles. The monoisotopic (exact) mass is 323 g/mol. The topological polar surface area (TPSA) is 38.3 Å². The Bertz CT molecular complexity index is 627. The zero-order valence-corrected chi connectivity index (χ0v) is 13.0. The molecule has 0 aromatic heterocycles. The molecule has 0 aliphatic heterocycles. The minimum absolute atomic E-state index is 0.161. The maximum atomic E-state index is 11.9. The first-order valence-electron chi connectivity index (χ1n) is 6.49. The summed E-state index contributed by atoms with van der Waals surface area (Å²) in [7, 11) is 0. The van der Waals surface area contributed by atoms with E-state index in [2.05, 4.69) is 5.32 Å². The third-order valence-electron chi connectivity index (χ3n) is 2.84. The van der Waals surface area contributed by atoms with E-state index in [1.54, 1.807) is 30.3 Å². The highest BCUT2D eigenvalue weighted by Gasteiger charge is 2.05. The van der Waals surface area contributed by atoms with Gasteiger partial charge in [0.1, 0.15) is 12.4 Å². The van der Waals surface area contributed by atoms with Crippen molar-refractivity contribution in [3.63, 3.8) is 0 Å². The highest BCUT2D eigenvalue weighted by molar-refractivity contribution is 6.32. The summed E-state index contributed by atoms with van der Waals surface area (Å²) in [6, 6.07) is 12.3. The number of carbonyl (C=O) groups is 1. The number of halogens is 2. The first-order valence-corrected chi connectivity index (χ1v) is 7.24. The van der Waals surface area contributed by atoms with Crippen molar-refractivity contribution >= 4 is 29.1 Å². The van der Waals surface area contributed by atoms with E-state index in [9.17, 15) is 4.79 Å². The van der Waals surface area contributed by atoms with Crippen molar-refractivity contribution in [3.05, 3.63) is 63.6 Å². The average molecular weight is 324 g/mol. The van der Waals surface area contributed by atoms with Crippen LogP contribution < -0.4 is 10.1 Å². The van der Waals surface area contributed by atoms with Gasteiger partial charge >= 0.3 is 0 Å². The average Bonchev–Trinajstić information content (AvgIpc) is 2.47. The molecule has 110 valence electrons. The smallest absolute Gasteiger partial charge is 0.251 e. The SMILES string of the molecule is Cc1ccc(Cl)c(OCCNC(=O)c2ccc(Cl)cc2)c1. The molecule has 0 unspecified atom stereocenters. The molecular formula is C16H15Cl2NO2. The Morgan fingerprint density at radius 2 is 1.86 bits per heavy atom. The Kier molecular flexibility index (Phi) is 5.48. The fourth-order valence-electron chi connectivity index (χ4n) is 1.75. The number of hydrogen-bond acceptors (Lipinski definition) is 2. The molecule has 3 nitrogen and oxygen atoms in total. The molecule has 0 spiro atoms. The van der Waals surface area contributed by atoms with E-state index in [0.29, 0.717) is 34.5 Å². The molecule has 2 rings (SSSR count). The van der Waals surface area contributed by atoms with Gasteiger partial charge in [-0.3, -0.25) is 4.79 Å². The summed E-state index contributed by atoms with van der Waals surface area (Å²) >= 11 is 11.8. The van der Waals surface area contributed by atoms with Crippen LogP contribution in [0.4, 0.5) is 0 Å². The normalized spacial score (nSPS) is 10.2. The van der Waals surface area contributed by atoms with E-state index in [1.807, 2.05) is 19.1 Å². The molecular weight excluding hydrogens is 309 g/mol. The van der Waals surface area contributed by atoms with Gasteiger partial charge in [0.2, 0.25) is 0 Å². The molecule has 0 saturated carbocycles. The molecule has 1 N–H and O–H groups in total. The fourth-order valence-corrected chi connectivity index (χ4v) is 2.05. The fraction of sp³-hybridized carbons (Fsp3) is 0.188. The Hall–Kier alpha value is -1.71. The maximum absolute atomic E-state index is 11.9. The zero-order valence-electron chi connectivity index (χ0n) is 11.5. The van der Waals surface area contributed by atoms with Crippen LogP contribution in [-0.2, 0) is 0 Å². The number of ether oxygens (including phenoxy) is 1. The van der Waals surface area contributed by atoms with Crippen LogP contribution in [0.1, 0.15) is 15.9 Å². The molecule has 2 aromatic carbocycles. The lowest BCUT2D eigenvalue weighted by Crippen LogP contribution is -2.28. The van der Waals surface area contributed by atoms with Gasteiger partial charge in [-0.05, 0) is 48.9 Å². The van der Waals surface area contributed by atoms with Gasteiger partial charge in [-0.2, -0.15) is 0 Å². The molecule has 0 aliphatic carbocycles. The van der Waals surface area contributed by atoms with Crippen molar-refractivity contribution in [2.24, 2.45) is 0 Å². The van der Waals surface area contributed by atoms with Crippen LogP contribution in [0.5, 0.6) is 5.75 Å². The summed E-state index contributed by atoms with van der Waals surface area (Å²) < 4.78 is 5.56. The van der Waals surface area contributed by atoms with Crippen LogP contribution in [0, 0.1) is 6.92 Å².